The van der Waals surface area contributed by atoms with E-state index in [1.54, 1.807) is 6.07 Å². The predicted octanol–water partition coefficient (Wildman–Crippen LogP) is 3.99. The molecule has 2 rings (SSSR count). The third-order valence-electron chi connectivity index (χ3n) is 5.26. The predicted molar refractivity (Wildman–Crippen MR) is 88.5 cm³/mol. The van der Waals surface area contributed by atoms with Crippen LogP contribution in [0.15, 0.2) is 18.2 Å². The van der Waals surface area contributed by atoms with E-state index in [-0.39, 0.29) is 23.3 Å². The number of amides is 1. The third-order valence-corrected chi connectivity index (χ3v) is 5.67. The van der Waals surface area contributed by atoms with Crippen molar-refractivity contribution in [1.82, 2.24) is 0 Å². The van der Waals surface area contributed by atoms with Gasteiger partial charge < -0.3 is 11.1 Å². The van der Waals surface area contributed by atoms with Crippen LogP contribution >= 0.6 is 11.6 Å². The number of rotatable bonds is 2. The van der Waals surface area contributed by atoms with Gasteiger partial charge in [0.1, 0.15) is 0 Å². The van der Waals surface area contributed by atoms with Gasteiger partial charge in [0.15, 0.2) is 0 Å². The van der Waals surface area contributed by atoms with Crippen molar-refractivity contribution in [3.63, 3.8) is 0 Å². The summed E-state index contributed by atoms with van der Waals surface area (Å²) in [6.45, 7) is 8.38. The number of nitrogens with two attached hydrogens (primary N) is 1. The van der Waals surface area contributed by atoms with Gasteiger partial charge in [0.2, 0.25) is 5.91 Å². The zero-order valence-electron chi connectivity index (χ0n) is 13.2. The number of hydrogen-bond donors (Lipinski definition) is 2. The minimum absolute atomic E-state index is 0.0209. The van der Waals surface area contributed by atoms with Gasteiger partial charge in [-0.1, -0.05) is 38.4 Å². The van der Waals surface area contributed by atoms with Crippen LogP contribution in [0.2, 0.25) is 5.02 Å². The van der Waals surface area contributed by atoms with E-state index < -0.39 is 0 Å². The van der Waals surface area contributed by atoms with Crippen LogP contribution < -0.4 is 11.1 Å². The molecule has 0 aliphatic heterocycles. The van der Waals surface area contributed by atoms with Crippen LogP contribution in [-0.2, 0) is 4.79 Å². The Hall–Kier alpha value is -1.06. The van der Waals surface area contributed by atoms with E-state index in [1.807, 2.05) is 19.1 Å². The number of carbonyl (C=O) groups excluding carboxylic acids is 1. The van der Waals surface area contributed by atoms with Gasteiger partial charge in [0.25, 0.3) is 0 Å². The largest absolute Gasteiger partial charge is 0.327 e. The maximum absolute atomic E-state index is 12.6. The van der Waals surface area contributed by atoms with E-state index >= 15 is 0 Å². The average molecular weight is 309 g/mol. The van der Waals surface area contributed by atoms with Gasteiger partial charge in [-0.05, 0) is 48.8 Å². The molecule has 1 aliphatic carbocycles. The van der Waals surface area contributed by atoms with Gasteiger partial charge in [0, 0.05) is 22.7 Å². The summed E-state index contributed by atoms with van der Waals surface area (Å²) in [4.78, 5) is 12.6. The van der Waals surface area contributed by atoms with E-state index in [9.17, 15) is 4.79 Å². The summed E-state index contributed by atoms with van der Waals surface area (Å²) in [5, 5.41) is 3.68. The second-order valence-electron chi connectivity index (χ2n) is 6.86. The molecule has 3 N–H and O–H groups in total. The molecule has 1 aliphatic rings. The Morgan fingerprint density at radius 1 is 1.38 bits per heavy atom. The fraction of sp³-hybridized carbons (Fsp3) is 0.588. The van der Waals surface area contributed by atoms with E-state index in [0.29, 0.717) is 10.9 Å². The highest BCUT2D eigenvalue weighted by Gasteiger charge is 2.44. The number of aryl methyl sites for hydroxylation is 1. The zero-order valence-corrected chi connectivity index (χ0v) is 14.0. The van der Waals surface area contributed by atoms with Crippen molar-refractivity contribution in [1.29, 1.82) is 0 Å². The van der Waals surface area contributed by atoms with E-state index in [1.165, 1.54) is 0 Å². The number of hydrogen-bond acceptors (Lipinski definition) is 2. The quantitative estimate of drug-likeness (QED) is 0.868. The molecule has 1 fully saturated rings. The normalized spacial score (nSPS) is 28.2. The molecule has 3 atom stereocenters. The summed E-state index contributed by atoms with van der Waals surface area (Å²) in [6, 6.07) is 5.80. The summed E-state index contributed by atoms with van der Waals surface area (Å²) in [5.74, 6) is 0.370. The SMILES string of the molecule is Cc1ccc(NC(=O)C2CCC(N)C(C)C2(C)C)cc1Cl. The number of halogens is 1. The molecule has 1 saturated carbocycles. The van der Waals surface area contributed by atoms with Crippen LogP contribution in [0.1, 0.15) is 39.2 Å². The number of benzene rings is 1. The van der Waals surface area contributed by atoms with Crippen molar-refractivity contribution in [3.05, 3.63) is 28.8 Å². The minimum atomic E-state index is -0.101. The van der Waals surface area contributed by atoms with Crippen LogP contribution in [0, 0.1) is 24.2 Å². The fourth-order valence-electron chi connectivity index (χ4n) is 3.22. The van der Waals surface area contributed by atoms with Crippen LogP contribution in [0.3, 0.4) is 0 Å². The summed E-state index contributed by atoms with van der Waals surface area (Å²) < 4.78 is 0. The minimum Gasteiger partial charge on any atom is -0.327 e. The molecule has 1 aromatic carbocycles. The standard InChI is InChI=1S/C17H25ClN2O/c1-10-5-6-12(9-14(10)18)20-16(21)13-7-8-15(19)11(2)17(13,3)4/h5-6,9,11,13,15H,7-8,19H2,1-4H3,(H,20,21). The molecule has 4 heteroatoms. The third kappa shape index (κ3) is 3.24. The lowest BCUT2D eigenvalue weighted by Crippen LogP contribution is -2.50. The van der Waals surface area contributed by atoms with Gasteiger partial charge >= 0.3 is 0 Å². The van der Waals surface area contributed by atoms with Crippen molar-refractivity contribution in [2.45, 2.75) is 46.6 Å². The van der Waals surface area contributed by atoms with Gasteiger partial charge in [-0.3, -0.25) is 4.79 Å². The molecule has 21 heavy (non-hydrogen) atoms. The fourth-order valence-corrected chi connectivity index (χ4v) is 3.40. The van der Waals surface area contributed by atoms with Crippen molar-refractivity contribution >= 4 is 23.2 Å². The van der Waals surface area contributed by atoms with Crippen LogP contribution in [0.4, 0.5) is 5.69 Å². The lowest BCUT2D eigenvalue weighted by Gasteiger charge is -2.46. The number of nitrogens with one attached hydrogen (secondary N) is 1. The number of anilines is 1. The maximum atomic E-state index is 12.6. The molecule has 0 aromatic heterocycles. The molecule has 0 radical (unpaired) electrons. The molecular formula is C17H25ClN2O. The first kappa shape index (κ1) is 16.3. The molecule has 0 bridgehead atoms. The molecule has 116 valence electrons. The highest BCUT2D eigenvalue weighted by molar-refractivity contribution is 6.31. The first-order valence-corrected chi connectivity index (χ1v) is 7.94. The van der Waals surface area contributed by atoms with Crippen molar-refractivity contribution in [3.8, 4) is 0 Å². The summed E-state index contributed by atoms with van der Waals surface area (Å²) in [7, 11) is 0. The van der Waals surface area contributed by atoms with Crippen molar-refractivity contribution in [2.24, 2.45) is 23.0 Å². The first-order valence-electron chi connectivity index (χ1n) is 7.56. The Morgan fingerprint density at radius 2 is 2.05 bits per heavy atom. The Balaban J connectivity index is 2.14. The molecular weight excluding hydrogens is 284 g/mol. The summed E-state index contributed by atoms with van der Waals surface area (Å²) in [5.41, 5.74) is 7.82. The Labute approximate surface area is 132 Å². The van der Waals surface area contributed by atoms with Crippen molar-refractivity contribution < 1.29 is 4.79 Å². The van der Waals surface area contributed by atoms with E-state index in [0.717, 1.165) is 24.1 Å². The van der Waals surface area contributed by atoms with Gasteiger partial charge in [-0.25, -0.2) is 0 Å². The zero-order chi connectivity index (χ0) is 15.8. The molecule has 0 spiro atoms. The Morgan fingerprint density at radius 3 is 2.67 bits per heavy atom. The lowest BCUT2D eigenvalue weighted by molar-refractivity contribution is -0.127. The molecule has 0 heterocycles. The van der Waals surface area contributed by atoms with Crippen LogP contribution in [0.25, 0.3) is 0 Å². The van der Waals surface area contributed by atoms with Gasteiger partial charge in [0.05, 0.1) is 0 Å². The molecule has 1 aromatic rings. The average Bonchev–Trinajstić information content (AvgIpc) is 2.40. The van der Waals surface area contributed by atoms with Crippen LogP contribution in [-0.4, -0.2) is 11.9 Å². The summed E-state index contributed by atoms with van der Waals surface area (Å²) >= 11 is 6.11. The topological polar surface area (TPSA) is 55.1 Å². The van der Waals surface area contributed by atoms with Gasteiger partial charge in [-0.2, -0.15) is 0 Å². The second kappa shape index (κ2) is 5.98. The molecule has 0 saturated heterocycles. The summed E-state index contributed by atoms with van der Waals surface area (Å²) in [6.07, 6.45) is 1.74. The van der Waals surface area contributed by atoms with Crippen LogP contribution in [0.5, 0.6) is 0 Å². The highest BCUT2D eigenvalue weighted by Crippen LogP contribution is 2.44. The van der Waals surface area contributed by atoms with Gasteiger partial charge in [-0.15, -0.1) is 0 Å². The molecule has 3 unspecified atom stereocenters. The van der Waals surface area contributed by atoms with E-state index in [2.05, 4.69) is 26.1 Å². The monoisotopic (exact) mass is 308 g/mol. The molecule has 1 amide bonds. The Kier molecular flexibility index (Phi) is 4.64. The second-order valence-corrected chi connectivity index (χ2v) is 7.26. The molecule has 3 nitrogen and oxygen atoms in total. The Bertz CT molecular complexity index is 542. The maximum Gasteiger partial charge on any atom is 0.228 e. The van der Waals surface area contributed by atoms with E-state index in [4.69, 9.17) is 17.3 Å². The smallest absolute Gasteiger partial charge is 0.228 e. The van der Waals surface area contributed by atoms with Crippen molar-refractivity contribution in [2.75, 3.05) is 5.32 Å². The highest BCUT2D eigenvalue weighted by atomic mass is 35.5. The lowest BCUT2D eigenvalue weighted by atomic mass is 9.61. The first-order chi connectivity index (χ1) is 9.73. The number of carbonyl (C=O) groups is 1.